The molecule has 1 rings (SSSR count). The molecular weight excluding hydrogens is 222 g/mol. The maximum absolute atomic E-state index is 6.18. The summed E-state index contributed by atoms with van der Waals surface area (Å²) in [6, 6.07) is 0. The molecule has 16 heavy (non-hydrogen) atoms. The van der Waals surface area contributed by atoms with E-state index in [-0.39, 0.29) is 5.54 Å². The van der Waals surface area contributed by atoms with Gasteiger partial charge in [-0.1, -0.05) is 24.9 Å². The molecule has 0 aliphatic rings. The molecule has 1 heterocycles. The quantitative estimate of drug-likeness (QED) is 0.862. The van der Waals surface area contributed by atoms with E-state index in [4.69, 9.17) is 11.6 Å². The lowest BCUT2D eigenvalue weighted by molar-refractivity contribution is 0.356. The van der Waals surface area contributed by atoms with Gasteiger partial charge in [0.2, 0.25) is 0 Å². The normalized spacial score (nSPS) is 12.1. The summed E-state index contributed by atoms with van der Waals surface area (Å²) in [7, 11) is 1.87. The fourth-order valence-corrected chi connectivity index (χ4v) is 2.16. The van der Waals surface area contributed by atoms with Crippen molar-refractivity contribution in [3.05, 3.63) is 16.4 Å². The van der Waals surface area contributed by atoms with E-state index in [1.165, 1.54) is 6.42 Å². The van der Waals surface area contributed by atoms with E-state index in [0.717, 1.165) is 29.4 Å². The van der Waals surface area contributed by atoms with Crippen LogP contribution in [0.3, 0.4) is 0 Å². The van der Waals surface area contributed by atoms with E-state index in [2.05, 4.69) is 31.2 Å². The molecule has 92 valence electrons. The van der Waals surface area contributed by atoms with Crippen LogP contribution in [0.1, 0.15) is 44.9 Å². The van der Waals surface area contributed by atoms with Crippen molar-refractivity contribution in [2.45, 2.75) is 52.6 Å². The number of rotatable bonds is 5. The number of aryl methyl sites for hydroxylation is 2. The van der Waals surface area contributed by atoms with Gasteiger partial charge in [0.15, 0.2) is 0 Å². The third-order valence-electron chi connectivity index (χ3n) is 2.89. The van der Waals surface area contributed by atoms with Crippen molar-refractivity contribution in [3.8, 4) is 0 Å². The molecule has 0 spiro atoms. The zero-order chi connectivity index (χ0) is 12.3. The number of aromatic nitrogens is 2. The van der Waals surface area contributed by atoms with Crippen molar-refractivity contribution in [2.75, 3.05) is 0 Å². The molecule has 1 aromatic rings. The van der Waals surface area contributed by atoms with Crippen LogP contribution >= 0.6 is 11.6 Å². The van der Waals surface area contributed by atoms with Crippen LogP contribution < -0.4 is 5.32 Å². The third kappa shape index (κ3) is 3.22. The van der Waals surface area contributed by atoms with Gasteiger partial charge in [-0.2, -0.15) is 5.10 Å². The van der Waals surface area contributed by atoms with E-state index in [1.54, 1.807) is 4.68 Å². The highest BCUT2D eigenvalue weighted by atomic mass is 35.5. The van der Waals surface area contributed by atoms with Gasteiger partial charge in [0.25, 0.3) is 0 Å². The monoisotopic (exact) mass is 243 g/mol. The van der Waals surface area contributed by atoms with Crippen LogP contribution in [0.5, 0.6) is 0 Å². The van der Waals surface area contributed by atoms with E-state index in [1.807, 2.05) is 14.0 Å². The maximum atomic E-state index is 6.18. The van der Waals surface area contributed by atoms with Crippen molar-refractivity contribution in [1.29, 1.82) is 0 Å². The molecule has 0 saturated heterocycles. The zero-order valence-corrected chi connectivity index (χ0v) is 11.6. The molecule has 0 aliphatic carbocycles. The minimum atomic E-state index is 0.153. The average Bonchev–Trinajstić information content (AvgIpc) is 2.39. The Kier molecular flexibility index (Phi) is 4.39. The van der Waals surface area contributed by atoms with Crippen molar-refractivity contribution < 1.29 is 0 Å². The number of hydrogen-bond donors (Lipinski definition) is 1. The Morgan fingerprint density at radius 3 is 2.50 bits per heavy atom. The lowest BCUT2D eigenvalue weighted by Crippen LogP contribution is -2.38. The lowest BCUT2D eigenvalue weighted by atomic mass is 9.98. The fourth-order valence-electron chi connectivity index (χ4n) is 1.92. The molecule has 0 bridgehead atoms. The highest BCUT2D eigenvalue weighted by Gasteiger charge is 2.18. The molecule has 3 nitrogen and oxygen atoms in total. The molecule has 0 unspecified atom stereocenters. The van der Waals surface area contributed by atoms with Crippen LogP contribution in [0, 0.1) is 6.92 Å². The fraction of sp³-hybridized carbons (Fsp3) is 0.750. The van der Waals surface area contributed by atoms with E-state index < -0.39 is 0 Å². The summed E-state index contributed by atoms with van der Waals surface area (Å²) < 4.78 is 1.72. The minimum absolute atomic E-state index is 0.153. The van der Waals surface area contributed by atoms with Crippen LogP contribution in [-0.2, 0) is 13.6 Å². The summed E-state index contributed by atoms with van der Waals surface area (Å²) in [5, 5.41) is 8.57. The van der Waals surface area contributed by atoms with Crippen molar-refractivity contribution >= 4 is 11.6 Å². The first kappa shape index (κ1) is 13.5. The first-order chi connectivity index (χ1) is 7.37. The molecule has 0 radical (unpaired) electrons. The first-order valence-corrected chi connectivity index (χ1v) is 6.18. The van der Waals surface area contributed by atoms with E-state index >= 15 is 0 Å². The van der Waals surface area contributed by atoms with E-state index in [9.17, 15) is 0 Å². The van der Waals surface area contributed by atoms with Crippen molar-refractivity contribution in [2.24, 2.45) is 7.05 Å². The van der Waals surface area contributed by atoms with Crippen LogP contribution in [0.15, 0.2) is 0 Å². The zero-order valence-electron chi connectivity index (χ0n) is 10.9. The highest BCUT2D eigenvalue weighted by Crippen LogP contribution is 2.20. The summed E-state index contributed by atoms with van der Waals surface area (Å²) in [6.07, 6.45) is 2.34. The first-order valence-electron chi connectivity index (χ1n) is 5.80. The Morgan fingerprint density at radius 2 is 2.06 bits per heavy atom. The van der Waals surface area contributed by atoms with Crippen molar-refractivity contribution in [1.82, 2.24) is 15.1 Å². The second-order valence-corrected chi connectivity index (χ2v) is 5.32. The average molecular weight is 244 g/mol. The van der Waals surface area contributed by atoms with Gasteiger partial charge in [-0.05, 0) is 27.2 Å². The predicted octanol–water partition coefficient (Wildman–Crippen LogP) is 3.05. The number of nitrogens with zero attached hydrogens (tertiary/aromatic N) is 2. The van der Waals surface area contributed by atoms with Gasteiger partial charge in [0.05, 0.1) is 5.69 Å². The van der Waals surface area contributed by atoms with Gasteiger partial charge in [0.1, 0.15) is 5.15 Å². The Hall–Kier alpha value is -0.540. The summed E-state index contributed by atoms with van der Waals surface area (Å²) in [5.74, 6) is 0. The Balaban J connectivity index is 2.67. The van der Waals surface area contributed by atoms with Crippen molar-refractivity contribution in [3.63, 3.8) is 0 Å². The molecule has 0 aliphatic heterocycles. The maximum Gasteiger partial charge on any atom is 0.131 e. The molecule has 0 amide bonds. The summed E-state index contributed by atoms with van der Waals surface area (Å²) in [4.78, 5) is 0. The van der Waals surface area contributed by atoms with Gasteiger partial charge in [-0.15, -0.1) is 0 Å². The lowest BCUT2D eigenvalue weighted by Gasteiger charge is -2.25. The van der Waals surface area contributed by atoms with Gasteiger partial charge in [-0.25, -0.2) is 0 Å². The van der Waals surface area contributed by atoms with Gasteiger partial charge in [-0.3, -0.25) is 4.68 Å². The number of halogens is 1. The Bertz CT molecular complexity index is 355. The standard InChI is InChI=1S/C12H22ClN3/c1-6-7-12(3,4)14-8-10-9(2)15-16(5)11(10)13/h14H,6-8H2,1-5H3. The van der Waals surface area contributed by atoms with Gasteiger partial charge >= 0.3 is 0 Å². The second kappa shape index (κ2) is 5.19. The third-order valence-corrected chi connectivity index (χ3v) is 3.36. The molecular formula is C12H22ClN3. The van der Waals surface area contributed by atoms with Crippen LogP contribution in [0.4, 0.5) is 0 Å². The highest BCUT2D eigenvalue weighted by molar-refractivity contribution is 6.30. The number of nitrogens with one attached hydrogen (secondary N) is 1. The molecule has 0 aromatic carbocycles. The minimum Gasteiger partial charge on any atom is -0.308 e. The van der Waals surface area contributed by atoms with E-state index in [0.29, 0.717) is 0 Å². The molecule has 1 N–H and O–H groups in total. The summed E-state index contributed by atoms with van der Waals surface area (Å²) in [5.41, 5.74) is 2.26. The summed E-state index contributed by atoms with van der Waals surface area (Å²) >= 11 is 6.18. The summed E-state index contributed by atoms with van der Waals surface area (Å²) in [6.45, 7) is 9.42. The smallest absolute Gasteiger partial charge is 0.131 e. The molecule has 0 fully saturated rings. The molecule has 4 heteroatoms. The van der Waals surface area contributed by atoms with Crippen LogP contribution in [-0.4, -0.2) is 15.3 Å². The number of hydrogen-bond acceptors (Lipinski definition) is 2. The topological polar surface area (TPSA) is 29.9 Å². The molecule has 0 saturated carbocycles. The van der Waals surface area contributed by atoms with Crippen LogP contribution in [0.25, 0.3) is 0 Å². The predicted molar refractivity (Wildman–Crippen MR) is 68.8 cm³/mol. The van der Waals surface area contributed by atoms with Gasteiger partial charge in [0, 0.05) is 24.7 Å². The van der Waals surface area contributed by atoms with Gasteiger partial charge < -0.3 is 5.32 Å². The Labute approximate surface area is 103 Å². The second-order valence-electron chi connectivity index (χ2n) is 4.97. The molecule has 1 aromatic heterocycles. The largest absolute Gasteiger partial charge is 0.308 e. The molecule has 0 atom stereocenters. The Morgan fingerprint density at radius 1 is 1.44 bits per heavy atom. The van der Waals surface area contributed by atoms with Crippen LogP contribution in [0.2, 0.25) is 5.15 Å². The SMILES string of the molecule is CCCC(C)(C)NCc1c(C)nn(C)c1Cl.